The Morgan fingerprint density at radius 2 is 1.74 bits per heavy atom. The van der Waals surface area contributed by atoms with Crippen molar-refractivity contribution in [1.29, 1.82) is 0 Å². The molecule has 0 fully saturated rings. The minimum Gasteiger partial charge on any atom is -0.378 e. The van der Waals surface area contributed by atoms with Crippen molar-refractivity contribution in [3.63, 3.8) is 0 Å². The van der Waals surface area contributed by atoms with Crippen LogP contribution >= 0.6 is 11.6 Å². The van der Waals surface area contributed by atoms with E-state index >= 15 is 0 Å². The van der Waals surface area contributed by atoms with Crippen LogP contribution in [-0.4, -0.2) is 0 Å². The Balaban J connectivity index is 2.22. The molecule has 0 saturated carbocycles. The summed E-state index contributed by atoms with van der Waals surface area (Å²) >= 11 is 5.57. The summed E-state index contributed by atoms with van der Waals surface area (Å²) in [5, 5.41) is 2.90. The van der Waals surface area contributed by atoms with Crippen molar-refractivity contribution in [3.8, 4) is 0 Å². The minimum absolute atomic E-state index is 0.00939. The van der Waals surface area contributed by atoms with Gasteiger partial charge in [-0.25, -0.2) is 13.2 Å². The Labute approximate surface area is 114 Å². The average Bonchev–Trinajstić information content (AvgIpc) is 2.36. The molecule has 0 heterocycles. The Hall–Kier alpha value is -1.68. The van der Waals surface area contributed by atoms with E-state index in [0.29, 0.717) is 5.69 Å². The quantitative estimate of drug-likeness (QED) is 0.843. The molecule has 0 bridgehead atoms. The van der Waals surface area contributed by atoms with Crippen LogP contribution in [0.25, 0.3) is 0 Å². The highest BCUT2D eigenvalue weighted by Gasteiger charge is 2.12. The molecule has 2 aromatic rings. The van der Waals surface area contributed by atoms with Crippen molar-refractivity contribution < 1.29 is 13.2 Å². The monoisotopic (exact) mass is 285 g/mol. The molecular weight excluding hydrogens is 275 g/mol. The first-order valence-electron chi connectivity index (χ1n) is 5.64. The highest BCUT2D eigenvalue weighted by molar-refractivity contribution is 6.30. The average molecular weight is 286 g/mol. The van der Waals surface area contributed by atoms with Crippen LogP contribution in [-0.2, 0) is 0 Å². The van der Waals surface area contributed by atoms with E-state index in [9.17, 15) is 13.2 Å². The van der Waals surface area contributed by atoms with E-state index in [1.54, 1.807) is 13.0 Å². The van der Waals surface area contributed by atoms with Crippen molar-refractivity contribution in [3.05, 3.63) is 64.4 Å². The fourth-order valence-electron chi connectivity index (χ4n) is 1.76. The third-order valence-electron chi connectivity index (χ3n) is 2.73. The van der Waals surface area contributed by atoms with Crippen LogP contribution in [0, 0.1) is 17.5 Å². The number of benzene rings is 2. The zero-order valence-electron chi connectivity index (χ0n) is 10.1. The molecule has 0 spiro atoms. The van der Waals surface area contributed by atoms with Gasteiger partial charge in [0.25, 0.3) is 0 Å². The van der Waals surface area contributed by atoms with Crippen LogP contribution in [0.5, 0.6) is 0 Å². The smallest absolute Gasteiger partial charge is 0.143 e. The van der Waals surface area contributed by atoms with E-state index in [1.807, 2.05) is 0 Å². The molecule has 19 heavy (non-hydrogen) atoms. The van der Waals surface area contributed by atoms with Gasteiger partial charge in [0.2, 0.25) is 0 Å². The first kappa shape index (κ1) is 13.7. The standard InChI is InChI=1S/C14H11ClF3N/c1-8(11-6-9(16)2-5-13(11)17)19-10-3-4-12(15)14(18)7-10/h2-8,19H,1H3. The molecular formula is C14H11ClF3N. The molecule has 1 unspecified atom stereocenters. The van der Waals surface area contributed by atoms with Crippen molar-refractivity contribution in [1.82, 2.24) is 0 Å². The summed E-state index contributed by atoms with van der Waals surface area (Å²) in [5.41, 5.74) is 0.619. The Morgan fingerprint density at radius 1 is 1.00 bits per heavy atom. The second-order valence-electron chi connectivity index (χ2n) is 4.16. The van der Waals surface area contributed by atoms with Crippen LogP contribution in [0.4, 0.5) is 18.9 Å². The lowest BCUT2D eigenvalue weighted by molar-refractivity contribution is 0.577. The molecule has 0 aliphatic rings. The van der Waals surface area contributed by atoms with Crippen molar-refractivity contribution >= 4 is 17.3 Å². The molecule has 1 nitrogen and oxygen atoms in total. The van der Waals surface area contributed by atoms with Crippen LogP contribution < -0.4 is 5.32 Å². The van der Waals surface area contributed by atoms with Gasteiger partial charge in [0, 0.05) is 11.3 Å². The fourth-order valence-corrected chi connectivity index (χ4v) is 1.88. The molecule has 100 valence electrons. The normalized spacial score (nSPS) is 12.3. The Bertz CT molecular complexity index is 601. The van der Waals surface area contributed by atoms with Crippen LogP contribution in [0.15, 0.2) is 36.4 Å². The van der Waals surface area contributed by atoms with Crippen molar-refractivity contribution in [2.24, 2.45) is 0 Å². The van der Waals surface area contributed by atoms with E-state index in [1.165, 1.54) is 12.1 Å². The van der Waals surface area contributed by atoms with Crippen molar-refractivity contribution in [2.45, 2.75) is 13.0 Å². The van der Waals surface area contributed by atoms with Crippen molar-refractivity contribution in [2.75, 3.05) is 5.32 Å². The van der Waals surface area contributed by atoms with Gasteiger partial charge in [-0.1, -0.05) is 11.6 Å². The summed E-state index contributed by atoms with van der Waals surface area (Å²) in [6.07, 6.45) is 0. The SMILES string of the molecule is CC(Nc1ccc(Cl)c(F)c1)c1cc(F)ccc1F. The topological polar surface area (TPSA) is 12.0 Å². The summed E-state index contributed by atoms with van der Waals surface area (Å²) < 4.78 is 39.9. The predicted octanol–water partition coefficient (Wildman–Crippen LogP) is 4.93. The lowest BCUT2D eigenvalue weighted by Crippen LogP contribution is -2.09. The Morgan fingerprint density at radius 3 is 2.42 bits per heavy atom. The summed E-state index contributed by atoms with van der Waals surface area (Å²) in [7, 11) is 0. The zero-order valence-corrected chi connectivity index (χ0v) is 10.8. The molecule has 0 aliphatic carbocycles. The maximum Gasteiger partial charge on any atom is 0.143 e. The molecule has 0 radical (unpaired) electrons. The molecule has 2 rings (SSSR count). The van der Waals surface area contributed by atoms with E-state index in [2.05, 4.69) is 5.32 Å². The summed E-state index contributed by atoms with van der Waals surface area (Å²) in [6.45, 7) is 1.66. The van der Waals surface area contributed by atoms with Gasteiger partial charge in [-0.05, 0) is 43.3 Å². The highest BCUT2D eigenvalue weighted by Crippen LogP contribution is 2.25. The van der Waals surface area contributed by atoms with Gasteiger partial charge in [0.1, 0.15) is 17.5 Å². The summed E-state index contributed by atoms with van der Waals surface area (Å²) in [5.74, 6) is -1.61. The molecule has 1 N–H and O–H groups in total. The summed E-state index contributed by atoms with van der Waals surface area (Å²) in [6, 6.07) is 6.89. The van der Waals surface area contributed by atoms with Gasteiger partial charge in [-0.2, -0.15) is 0 Å². The van der Waals surface area contributed by atoms with Gasteiger partial charge < -0.3 is 5.32 Å². The van der Waals surface area contributed by atoms with Gasteiger partial charge in [-0.3, -0.25) is 0 Å². The van der Waals surface area contributed by atoms with Crippen LogP contribution in [0.3, 0.4) is 0 Å². The van der Waals surface area contributed by atoms with E-state index < -0.39 is 23.5 Å². The number of anilines is 1. The zero-order chi connectivity index (χ0) is 14.0. The minimum atomic E-state index is -0.571. The summed E-state index contributed by atoms with van der Waals surface area (Å²) in [4.78, 5) is 0. The first-order chi connectivity index (χ1) is 8.97. The lowest BCUT2D eigenvalue weighted by Gasteiger charge is -2.16. The molecule has 1 atom stereocenters. The lowest BCUT2D eigenvalue weighted by atomic mass is 10.1. The molecule has 0 amide bonds. The third-order valence-corrected chi connectivity index (χ3v) is 3.03. The van der Waals surface area contributed by atoms with Gasteiger partial charge in [0.05, 0.1) is 11.1 Å². The second-order valence-corrected chi connectivity index (χ2v) is 4.57. The number of hydrogen-bond donors (Lipinski definition) is 1. The number of hydrogen-bond acceptors (Lipinski definition) is 1. The molecule has 2 aromatic carbocycles. The predicted molar refractivity (Wildman–Crippen MR) is 69.8 cm³/mol. The number of halogens is 4. The third kappa shape index (κ3) is 3.20. The first-order valence-corrected chi connectivity index (χ1v) is 6.01. The van der Waals surface area contributed by atoms with Crippen LogP contribution in [0.2, 0.25) is 5.02 Å². The molecule has 0 aliphatic heterocycles. The number of nitrogens with one attached hydrogen (secondary N) is 1. The van der Waals surface area contributed by atoms with Gasteiger partial charge in [0.15, 0.2) is 0 Å². The Kier molecular flexibility index (Phi) is 4.00. The van der Waals surface area contributed by atoms with E-state index in [0.717, 1.165) is 18.2 Å². The van der Waals surface area contributed by atoms with Crippen LogP contribution in [0.1, 0.15) is 18.5 Å². The highest BCUT2D eigenvalue weighted by atomic mass is 35.5. The van der Waals surface area contributed by atoms with Gasteiger partial charge >= 0.3 is 0 Å². The van der Waals surface area contributed by atoms with E-state index in [-0.39, 0.29) is 10.6 Å². The molecule has 0 saturated heterocycles. The molecule has 0 aromatic heterocycles. The van der Waals surface area contributed by atoms with Gasteiger partial charge in [-0.15, -0.1) is 0 Å². The largest absolute Gasteiger partial charge is 0.378 e. The molecule has 5 heteroatoms. The maximum absolute atomic E-state index is 13.6. The second kappa shape index (κ2) is 5.53. The number of rotatable bonds is 3. The van der Waals surface area contributed by atoms with E-state index in [4.69, 9.17) is 11.6 Å². The maximum atomic E-state index is 13.6. The fraction of sp³-hybridized carbons (Fsp3) is 0.143.